The Labute approximate surface area is 194 Å². The van der Waals surface area contributed by atoms with E-state index < -0.39 is 0 Å². The summed E-state index contributed by atoms with van der Waals surface area (Å²) in [6.07, 6.45) is 3.23. The van der Waals surface area contributed by atoms with E-state index >= 15 is 0 Å². The van der Waals surface area contributed by atoms with Crippen LogP contribution in [-0.4, -0.2) is 9.55 Å². The number of hydrogen-bond acceptors (Lipinski definition) is 3. The summed E-state index contributed by atoms with van der Waals surface area (Å²) >= 11 is 0. The van der Waals surface area contributed by atoms with Crippen LogP contribution in [0.4, 0.5) is 0 Å². The van der Waals surface area contributed by atoms with Crippen LogP contribution in [0.5, 0.6) is 0 Å². The Kier molecular flexibility index (Phi) is 6.80. The van der Waals surface area contributed by atoms with E-state index in [0.717, 1.165) is 47.3 Å². The Morgan fingerprint density at radius 2 is 1.67 bits per heavy atom. The minimum atomic E-state index is -0.0366. The van der Waals surface area contributed by atoms with Crippen molar-refractivity contribution in [2.45, 2.75) is 39.5 Å². The molecule has 0 fully saturated rings. The Morgan fingerprint density at radius 1 is 0.970 bits per heavy atom. The summed E-state index contributed by atoms with van der Waals surface area (Å²) in [6, 6.07) is 27.8. The second-order valence-corrected chi connectivity index (χ2v) is 8.20. The van der Waals surface area contributed by atoms with E-state index in [1.54, 1.807) is 4.57 Å². The Bertz CT molecular complexity index is 1350. The second kappa shape index (κ2) is 10.1. The van der Waals surface area contributed by atoms with Crippen LogP contribution in [-0.2, 0) is 12.8 Å². The molecule has 0 saturated heterocycles. The van der Waals surface area contributed by atoms with Crippen LogP contribution in [0.1, 0.15) is 48.0 Å². The lowest BCUT2D eigenvalue weighted by molar-refractivity contribution is 0.733. The second-order valence-electron chi connectivity index (χ2n) is 8.20. The summed E-state index contributed by atoms with van der Waals surface area (Å²) in [5, 5.41) is 9.80. The van der Waals surface area contributed by atoms with E-state index in [9.17, 15) is 10.1 Å². The van der Waals surface area contributed by atoms with E-state index in [-0.39, 0.29) is 5.56 Å². The van der Waals surface area contributed by atoms with Crippen molar-refractivity contribution in [3.8, 4) is 22.9 Å². The standard InChI is InChI=1S/C29H27N3O/c1-3-4-15-28-27(29(33)32(21(2)31-28)25-13-9-6-10-14-25)19-22-16-17-26(24(18-22)20-30)23-11-7-5-8-12-23/h5-14,16-18H,3-4,15,19H2,1-2H3. The maximum Gasteiger partial charge on any atom is 0.261 e. The summed E-state index contributed by atoms with van der Waals surface area (Å²) in [6.45, 7) is 4.02. The Morgan fingerprint density at radius 3 is 2.33 bits per heavy atom. The van der Waals surface area contributed by atoms with Gasteiger partial charge in [-0.1, -0.05) is 74.0 Å². The van der Waals surface area contributed by atoms with Gasteiger partial charge in [0.15, 0.2) is 0 Å². The summed E-state index contributed by atoms with van der Waals surface area (Å²) in [5.41, 5.74) is 5.79. The minimum absolute atomic E-state index is 0.0366. The highest BCUT2D eigenvalue weighted by Crippen LogP contribution is 2.25. The summed E-state index contributed by atoms with van der Waals surface area (Å²) in [4.78, 5) is 18.5. The van der Waals surface area contributed by atoms with Crippen molar-refractivity contribution >= 4 is 0 Å². The summed E-state index contributed by atoms with van der Waals surface area (Å²) in [7, 11) is 0. The van der Waals surface area contributed by atoms with Gasteiger partial charge in [0.25, 0.3) is 5.56 Å². The first kappa shape index (κ1) is 22.2. The maximum absolute atomic E-state index is 13.7. The van der Waals surface area contributed by atoms with Gasteiger partial charge in [0.2, 0.25) is 0 Å². The number of rotatable bonds is 7. The van der Waals surface area contributed by atoms with Gasteiger partial charge in [-0.2, -0.15) is 5.26 Å². The molecule has 0 atom stereocenters. The monoisotopic (exact) mass is 433 g/mol. The highest BCUT2D eigenvalue weighted by Gasteiger charge is 2.17. The largest absolute Gasteiger partial charge is 0.269 e. The van der Waals surface area contributed by atoms with Gasteiger partial charge < -0.3 is 0 Å². The lowest BCUT2D eigenvalue weighted by atomic mass is 9.95. The van der Waals surface area contributed by atoms with Gasteiger partial charge in [-0.05, 0) is 54.7 Å². The molecule has 33 heavy (non-hydrogen) atoms. The molecule has 0 saturated carbocycles. The zero-order valence-electron chi connectivity index (χ0n) is 19.1. The van der Waals surface area contributed by atoms with E-state index in [2.05, 4.69) is 13.0 Å². The molecular weight excluding hydrogens is 406 g/mol. The normalized spacial score (nSPS) is 10.7. The molecule has 0 bridgehead atoms. The molecule has 3 aromatic carbocycles. The predicted octanol–water partition coefficient (Wildman–Crippen LogP) is 6.01. The van der Waals surface area contributed by atoms with Crippen LogP contribution in [0.2, 0.25) is 0 Å². The first-order valence-corrected chi connectivity index (χ1v) is 11.4. The van der Waals surface area contributed by atoms with Crippen molar-refractivity contribution in [2.24, 2.45) is 0 Å². The summed E-state index contributed by atoms with van der Waals surface area (Å²) in [5.74, 6) is 0.693. The third kappa shape index (κ3) is 4.78. The van der Waals surface area contributed by atoms with E-state index in [4.69, 9.17) is 4.98 Å². The van der Waals surface area contributed by atoms with E-state index in [1.165, 1.54) is 0 Å². The van der Waals surface area contributed by atoms with Crippen LogP contribution in [0.25, 0.3) is 16.8 Å². The molecule has 0 radical (unpaired) electrons. The fraction of sp³-hybridized carbons (Fsp3) is 0.207. The number of hydrogen-bond donors (Lipinski definition) is 0. The van der Waals surface area contributed by atoms with Crippen molar-refractivity contribution in [2.75, 3.05) is 0 Å². The molecule has 0 N–H and O–H groups in total. The van der Waals surface area contributed by atoms with Gasteiger partial charge in [0.05, 0.1) is 23.0 Å². The molecule has 4 nitrogen and oxygen atoms in total. The molecule has 0 aliphatic rings. The predicted molar refractivity (Wildman–Crippen MR) is 133 cm³/mol. The number of aryl methyl sites for hydroxylation is 2. The lowest BCUT2D eigenvalue weighted by Gasteiger charge is -2.16. The zero-order valence-corrected chi connectivity index (χ0v) is 19.1. The number of para-hydroxylation sites is 1. The summed E-state index contributed by atoms with van der Waals surface area (Å²) < 4.78 is 1.69. The Balaban J connectivity index is 1.80. The molecule has 0 spiro atoms. The van der Waals surface area contributed by atoms with Gasteiger partial charge in [-0.25, -0.2) is 4.98 Å². The SMILES string of the molecule is CCCCc1nc(C)n(-c2ccccc2)c(=O)c1Cc1ccc(-c2ccccc2)c(C#N)c1. The molecular formula is C29H27N3O. The van der Waals surface area contributed by atoms with Crippen molar-refractivity contribution in [3.05, 3.63) is 117 Å². The fourth-order valence-corrected chi connectivity index (χ4v) is 4.20. The van der Waals surface area contributed by atoms with E-state index in [0.29, 0.717) is 23.4 Å². The Hall–Kier alpha value is -3.97. The lowest BCUT2D eigenvalue weighted by Crippen LogP contribution is -2.28. The third-order valence-corrected chi connectivity index (χ3v) is 5.88. The highest BCUT2D eigenvalue weighted by atomic mass is 16.1. The molecule has 0 amide bonds. The van der Waals surface area contributed by atoms with Gasteiger partial charge in [-0.3, -0.25) is 9.36 Å². The third-order valence-electron chi connectivity index (χ3n) is 5.88. The zero-order chi connectivity index (χ0) is 23.2. The van der Waals surface area contributed by atoms with Crippen LogP contribution < -0.4 is 5.56 Å². The van der Waals surface area contributed by atoms with Crippen molar-refractivity contribution in [3.63, 3.8) is 0 Å². The van der Waals surface area contributed by atoms with Crippen LogP contribution in [0.15, 0.2) is 83.7 Å². The average molecular weight is 434 g/mol. The molecule has 0 aliphatic carbocycles. The molecule has 4 rings (SSSR count). The van der Waals surface area contributed by atoms with Crippen LogP contribution >= 0.6 is 0 Å². The van der Waals surface area contributed by atoms with Crippen LogP contribution in [0, 0.1) is 18.3 Å². The molecule has 0 aliphatic heterocycles. The van der Waals surface area contributed by atoms with Crippen molar-refractivity contribution < 1.29 is 0 Å². The van der Waals surface area contributed by atoms with Gasteiger partial charge in [0.1, 0.15) is 5.82 Å². The topological polar surface area (TPSA) is 58.7 Å². The van der Waals surface area contributed by atoms with Crippen LogP contribution in [0.3, 0.4) is 0 Å². The molecule has 1 aromatic heterocycles. The maximum atomic E-state index is 13.7. The number of benzene rings is 3. The first-order chi connectivity index (χ1) is 16.1. The van der Waals surface area contributed by atoms with Crippen molar-refractivity contribution in [1.29, 1.82) is 5.26 Å². The molecule has 4 aromatic rings. The first-order valence-electron chi connectivity index (χ1n) is 11.4. The van der Waals surface area contributed by atoms with Crippen molar-refractivity contribution in [1.82, 2.24) is 9.55 Å². The molecule has 0 unspecified atom stereocenters. The number of aromatic nitrogens is 2. The number of nitrogens with zero attached hydrogens (tertiary/aromatic N) is 3. The fourth-order valence-electron chi connectivity index (χ4n) is 4.20. The number of nitriles is 1. The minimum Gasteiger partial charge on any atom is -0.269 e. The van der Waals surface area contributed by atoms with Gasteiger partial charge >= 0.3 is 0 Å². The van der Waals surface area contributed by atoms with Gasteiger partial charge in [-0.15, -0.1) is 0 Å². The smallest absolute Gasteiger partial charge is 0.261 e. The molecule has 164 valence electrons. The molecule has 1 heterocycles. The average Bonchev–Trinajstić information content (AvgIpc) is 2.85. The van der Waals surface area contributed by atoms with Gasteiger partial charge in [0, 0.05) is 12.0 Å². The quantitative estimate of drug-likeness (QED) is 0.358. The highest BCUT2D eigenvalue weighted by molar-refractivity contribution is 5.71. The number of unbranched alkanes of at least 4 members (excludes halogenated alkanes) is 1. The van der Waals surface area contributed by atoms with E-state index in [1.807, 2.05) is 85.8 Å². The molecule has 4 heteroatoms.